The smallest absolute Gasteiger partial charge is 0.343 e. The molecule has 1 amide bonds. The number of para-hydroxylation sites is 1. The van der Waals surface area contributed by atoms with E-state index in [1.54, 1.807) is 30.3 Å². The van der Waals surface area contributed by atoms with Gasteiger partial charge < -0.3 is 10.1 Å². The van der Waals surface area contributed by atoms with Gasteiger partial charge in [-0.3, -0.25) is 4.79 Å². The predicted octanol–water partition coefficient (Wildman–Crippen LogP) is 5.94. The maximum atomic E-state index is 12.8. The van der Waals surface area contributed by atoms with E-state index in [0.29, 0.717) is 16.9 Å². The van der Waals surface area contributed by atoms with Gasteiger partial charge in [0.15, 0.2) is 0 Å². The minimum absolute atomic E-state index is 0.222. The van der Waals surface area contributed by atoms with E-state index in [2.05, 4.69) is 17.4 Å². The van der Waals surface area contributed by atoms with E-state index in [0.717, 1.165) is 24.1 Å². The summed E-state index contributed by atoms with van der Waals surface area (Å²) >= 11 is 0. The molecule has 0 aliphatic rings. The molecule has 0 bridgehead atoms. The number of amides is 1. The summed E-state index contributed by atoms with van der Waals surface area (Å²) in [5.74, 6) is -0.236. The molecule has 0 atom stereocenters. The van der Waals surface area contributed by atoms with Gasteiger partial charge in [0.25, 0.3) is 5.91 Å². The third-order valence-corrected chi connectivity index (χ3v) is 5.12. The van der Waals surface area contributed by atoms with Gasteiger partial charge >= 0.3 is 5.97 Å². The van der Waals surface area contributed by atoms with Crippen LogP contribution in [0.4, 0.5) is 5.69 Å². The number of aryl methyl sites for hydroxylation is 2. The number of ether oxygens (including phenoxy) is 1. The molecule has 4 aromatic rings. The monoisotopic (exact) mass is 421 g/mol. The average molecular weight is 421 g/mol. The van der Waals surface area contributed by atoms with Gasteiger partial charge in [-0.25, -0.2) is 4.79 Å². The number of hydrogen-bond acceptors (Lipinski definition) is 3. The lowest BCUT2D eigenvalue weighted by Crippen LogP contribution is -2.13. The number of benzene rings is 4. The van der Waals surface area contributed by atoms with Crippen molar-refractivity contribution in [2.24, 2.45) is 0 Å². The molecular weight excluding hydrogens is 398 g/mol. The Morgan fingerprint density at radius 1 is 0.656 bits per heavy atom. The van der Waals surface area contributed by atoms with Gasteiger partial charge in [0, 0.05) is 11.3 Å². The van der Waals surface area contributed by atoms with Crippen LogP contribution in [0.5, 0.6) is 5.75 Å². The molecule has 0 radical (unpaired) electrons. The largest absolute Gasteiger partial charge is 0.423 e. The second kappa shape index (κ2) is 10.2. The van der Waals surface area contributed by atoms with Crippen LogP contribution in [0.15, 0.2) is 109 Å². The molecular formula is C28H23NO3. The van der Waals surface area contributed by atoms with Crippen molar-refractivity contribution < 1.29 is 14.3 Å². The van der Waals surface area contributed by atoms with Gasteiger partial charge in [0.1, 0.15) is 5.75 Å². The summed E-state index contributed by atoms with van der Waals surface area (Å²) in [5.41, 5.74) is 3.92. The molecule has 0 saturated heterocycles. The Labute approximate surface area is 187 Å². The maximum Gasteiger partial charge on any atom is 0.343 e. The predicted molar refractivity (Wildman–Crippen MR) is 126 cm³/mol. The van der Waals surface area contributed by atoms with Crippen LogP contribution in [0.1, 0.15) is 31.8 Å². The first-order chi connectivity index (χ1) is 15.7. The van der Waals surface area contributed by atoms with E-state index in [-0.39, 0.29) is 5.91 Å². The Morgan fingerprint density at radius 2 is 1.28 bits per heavy atom. The number of carbonyl (C=O) groups excluding carboxylic acids is 2. The Bertz CT molecular complexity index is 1190. The summed E-state index contributed by atoms with van der Waals surface area (Å²) in [6.45, 7) is 0. The number of rotatable bonds is 7. The molecule has 158 valence electrons. The molecule has 0 spiro atoms. The summed E-state index contributed by atoms with van der Waals surface area (Å²) in [5, 5.41) is 2.83. The molecule has 0 saturated carbocycles. The van der Waals surface area contributed by atoms with Crippen molar-refractivity contribution in [3.05, 3.63) is 131 Å². The molecule has 32 heavy (non-hydrogen) atoms. The van der Waals surface area contributed by atoms with Gasteiger partial charge in [-0.1, -0.05) is 66.7 Å². The van der Waals surface area contributed by atoms with Crippen molar-refractivity contribution in [3.63, 3.8) is 0 Å². The second-order valence-corrected chi connectivity index (χ2v) is 7.38. The lowest BCUT2D eigenvalue weighted by molar-refractivity contribution is 0.0733. The minimum atomic E-state index is -0.407. The third-order valence-electron chi connectivity index (χ3n) is 5.12. The minimum Gasteiger partial charge on any atom is -0.423 e. The van der Waals surface area contributed by atoms with Crippen molar-refractivity contribution in [1.82, 2.24) is 0 Å². The molecule has 0 aliphatic heterocycles. The zero-order chi connectivity index (χ0) is 22.2. The molecule has 0 heterocycles. The normalized spacial score (nSPS) is 10.4. The topological polar surface area (TPSA) is 55.4 Å². The Morgan fingerprint density at radius 3 is 2.00 bits per heavy atom. The number of esters is 1. The van der Waals surface area contributed by atoms with Gasteiger partial charge in [-0.2, -0.15) is 0 Å². The van der Waals surface area contributed by atoms with Crippen LogP contribution in [-0.4, -0.2) is 11.9 Å². The van der Waals surface area contributed by atoms with Crippen LogP contribution in [-0.2, 0) is 12.8 Å². The third kappa shape index (κ3) is 5.49. The number of anilines is 1. The lowest BCUT2D eigenvalue weighted by atomic mass is 10.00. The molecule has 0 aromatic heterocycles. The quantitative estimate of drug-likeness (QED) is 0.297. The average Bonchev–Trinajstić information content (AvgIpc) is 2.84. The van der Waals surface area contributed by atoms with E-state index in [9.17, 15) is 9.59 Å². The molecule has 0 aliphatic carbocycles. The van der Waals surface area contributed by atoms with Crippen LogP contribution in [0.25, 0.3) is 0 Å². The van der Waals surface area contributed by atoms with Crippen LogP contribution in [0, 0.1) is 0 Å². The molecule has 4 rings (SSSR count). The molecule has 0 fully saturated rings. The first kappa shape index (κ1) is 21.1. The van der Waals surface area contributed by atoms with Crippen molar-refractivity contribution in [1.29, 1.82) is 0 Å². The van der Waals surface area contributed by atoms with Gasteiger partial charge in [0.2, 0.25) is 0 Å². The highest BCUT2D eigenvalue weighted by molar-refractivity contribution is 6.04. The van der Waals surface area contributed by atoms with Gasteiger partial charge in [-0.15, -0.1) is 0 Å². The molecule has 4 heteroatoms. The number of carbonyl (C=O) groups is 2. The molecule has 0 unspecified atom stereocenters. The Hall–Kier alpha value is -4.18. The molecule has 4 aromatic carbocycles. The SMILES string of the molecule is O=C(Nc1ccccc1)c1ccc(OC(=O)c2ccccc2CCc2ccccc2)cc1. The van der Waals surface area contributed by atoms with Crippen molar-refractivity contribution >= 4 is 17.6 Å². The number of hydrogen-bond donors (Lipinski definition) is 1. The van der Waals surface area contributed by atoms with Crippen molar-refractivity contribution in [2.75, 3.05) is 5.32 Å². The summed E-state index contributed by atoms with van der Waals surface area (Å²) < 4.78 is 5.58. The van der Waals surface area contributed by atoms with E-state index in [4.69, 9.17) is 4.74 Å². The zero-order valence-electron chi connectivity index (χ0n) is 17.5. The fraction of sp³-hybridized carbons (Fsp3) is 0.0714. The Balaban J connectivity index is 1.40. The maximum absolute atomic E-state index is 12.8. The summed E-state index contributed by atoms with van der Waals surface area (Å²) in [6, 6.07) is 33.5. The highest BCUT2D eigenvalue weighted by atomic mass is 16.5. The second-order valence-electron chi connectivity index (χ2n) is 7.38. The van der Waals surface area contributed by atoms with Crippen LogP contribution < -0.4 is 10.1 Å². The number of nitrogens with one attached hydrogen (secondary N) is 1. The zero-order valence-corrected chi connectivity index (χ0v) is 17.5. The van der Waals surface area contributed by atoms with Gasteiger partial charge in [-0.05, 0) is 66.4 Å². The fourth-order valence-electron chi connectivity index (χ4n) is 3.42. The van der Waals surface area contributed by atoms with E-state index in [1.165, 1.54) is 5.56 Å². The first-order valence-corrected chi connectivity index (χ1v) is 10.5. The summed E-state index contributed by atoms with van der Waals surface area (Å²) in [4.78, 5) is 25.2. The standard InChI is InChI=1S/C28H23NO3/c30-27(29-24-12-5-2-6-13-24)23-17-19-25(20-18-23)32-28(31)26-14-8-7-11-22(26)16-15-21-9-3-1-4-10-21/h1-14,17-20H,15-16H2,(H,29,30). The lowest BCUT2D eigenvalue weighted by Gasteiger charge is -2.10. The highest BCUT2D eigenvalue weighted by Gasteiger charge is 2.14. The first-order valence-electron chi connectivity index (χ1n) is 10.5. The van der Waals surface area contributed by atoms with Gasteiger partial charge in [0.05, 0.1) is 5.56 Å². The summed E-state index contributed by atoms with van der Waals surface area (Å²) in [6.07, 6.45) is 1.59. The Kier molecular flexibility index (Phi) is 6.73. The molecule has 1 N–H and O–H groups in total. The van der Waals surface area contributed by atoms with E-state index >= 15 is 0 Å². The van der Waals surface area contributed by atoms with E-state index in [1.807, 2.05) is 66.7 Å². The molecule has 4 nitrogen and oxygen atoms in total. The highest BCUT2D eigenvalue weighted by Crippen LogP contribution is 2.18. The van der Waals surface area contributed by atoms with E-state index < -0.39 is 5.97 Å². The van der Waals surface area contributed by atoms with Crippen LogP contribution in [0.3, 0.4) is 0 Å². The van der Waals surface area contributed by atoms with Crippen molar-refractivity contribution in [3.8, 4) is 5.75 Å². The van der Waals surface area contributed by atoms with Crippen LogP contribution in [0.2, 0.25) is 0 Å². The van der Waals surface area contributed by atoms with Crippen molar-refractivity contribution in [2.45, 2.75) is 12.8 Å². The summed E-state index contributed by atoms with van der Waals surface area (Å²) in [7, 11) is 0. The van der Waals surface area contributed by atoms with Crippen LogP contribution >= 0.6 is 0 Å². The fourth-order valence-corrected chi connectivity index (χ4v) is 3.42.